The Morgan fingerprint density at radius 1 is 1.32 bits per heavy atom. The fourth-order valence-electron chi connectivity index (χ4n) is 2.02. The molecule has 1 aromatic carbocycles. The van der Waals surface area contributed by atoms with Crippen LogP contribution in [0.1, 0.15) is 17.4 Å². The second-order valence-corrected chi connectivity index (χ2v) is 6.77. The number of amides is 1. The van der Waals surface area contributed by atoms with Crippen LogP contribution < -0.4 is 5.32 Å². The third-order valence-corrected chi connectivity index (χ3v) is 4.71. The van der Waals surface area contributed by atoms with E-state index in [-0.39, 0.29) is 5.91 Å². The van der Waals surface area contributed by atoms with Crippen LogP contribution in [0, 0.1) is 0 Å². The zero-order valence-corrected chi connectivity index (χ0v) is 14.6. The summed E-state index contributed by atoms with van der Waals surface area (Å²) in [5.41, 5.74) is 0.862. The van der Waals surface area contributed by atoms with Gasteiger partial charge in [0.2, 0.25) is 5.91 Å². The van der Waals surface area contributed by atoms with Crippen molar-refractivity contribution in [2.24, 2.45) is 0 Å². The molecular weight excluding hydrogens is 339 g/mol. The van der Waals surface area contributed by atoms with Crippen molar-refractivity contribution in [2.75, 3.05) is 13.1 Å². The van der Waals surface area contributed by atoms with E-state index < -0.39 is 0 Å². The molecule has 2 rings (SSSR count). The molecule has 0 aliphatic heterocycles. The summed E-state index contributed by atoms with van der Waals surface area (Å²) in [6, 6.07) is 9.38. The van der Waals surface area contributed by atoms with Crippen LogP contribution in [0.3, 0.4) is 0 Å². The van der Waals surface area contributed by atoms with E-state index in [1.807, 2.05) is 17.5 Å². The van der Waals surface area contributed by atoms with Gasteiger partial charge in [-0.1, -0.05) is 42.3 Å². The lowest BCUT2D eigenvalue weighted by molar-refractivity contribution is -0.122. The lowest BCUT2D eigenvalue weighted by Gasteiger charge is -2.19. The van der Waals surface area contributed by atoms with E-state index in [1.165, 1.54) is 4.88 Å². The number of thiophene rings is 1. The van der Waals surface area contributed by atoms with Gasteiger partial charge in [-0.15, -0.1) is 11.3 Å². The van der Waals surface area contributed by atoms with Crippen LogP contribution in [0.25, 0.3) is 0 Å². The fourth-order valence-corrected chi connectivity index (χ4v) is 3.24. The number of benzene rings is 1. The Hall–Kier alpha value is -1.07. The van der Waals surface area contributed by atoms with Gasteiger partial charge in [0.05, 0.1) is 6.54 Å². The van der Waals surface area contributed by atoms with Gasteiger partial charge in [0, 0.05) is 28.0 Å². The molecule has 0 spiro atoms. The van der Waals surface area contributed by atoms with Gasteiger partial charge in [0.25, 0.3) is 0 Å². The van der Waals surface area contributed by atoms with Crippen molar-refractivity contribution >= 4 is 40.4 Å². The summed E-state index contributed by atoms with van der Waals surface area (Å²) in [5, 5.41) is 6.11. The summed E-state index contributed by atoms with van der Waals surface area (Å²) < 4.78 is 0. The summed E-state index contributed by atoms with van der Waals surface area (Å²) in [6.07, 6.45) is 0. The molecule has 0 radical (unpaired) electrons. The summed E-state index contributed by atoms with van der Waals surface area (Å²) in [6.45, 7) is 4.46. The number of likely N-dealkylation sites (N-methyl/N-ethyl adjacent to an activating group) is 1. The molecule has 0 atom stereocenters. The molecule has 0 unspecified atom stereocenters. The highest BCUT2D eigenvalue weighted by molar-refractivity contribution is 7.09. The molecular formula is C16H18Cl2N2OS. The largest absolute Gasteiger partial charge is 0.351 e. The number of nitrogens with one attached hydrogen (secondary N) is 1. The second-order valence-electron chi connectivity index (χ2n) is 4.90. The minimum atomic E-state index is -0.00979. The van der Waals surface area contributed by atoms with E-state index in [4.69, 9.17) is 23.2 Å². The maximum Gasteiger partial charge on any atom is 0.234 e. The van der Waals surface area contributed by atoms with Crippen LogP contribution in [0.5, 0.6) is 0 Å². The summed E-state index contributed by atoms with van der Waals surface area (Å²) in [5.74, 6) is -0.00979. The molecule has 0 saturated carbocycles. The number of nitrogens with zero attached hydrogens (tertiary/aromatic N) is 1. The molecule has 1 N–H and O–H groups in total. The van der Waals surface area contributed by atoms with E-state index in [9.17, 15) is 4.79 Å². The minimum Gasteiger partial charge on any atom is -0.351 e. The van der Waals surface area contributed by atoms with Crippen LogP contribution in [-0.2, 0) is 17.9 Å². The highest BCUT2D eigenvalue weighted by Crippen LogP contribution is 2.20. The Morgan fingerprint density at radius 2 is 2.14 bits per heavy atom. The molecule has 118 valence electrons. The van der Waals surface area contributed by atoms with E-state index in [2.05, 4.69) is 23.2 Å². The smallest absolute Gasteiger partial charge is 0.234 e. The van der Waals surface area contributed by atoms with Crippen LogP contribution in [0.4, 0.5) is 0 Å². The van der Waals surface area contributed by atoms with Crippen LogP contribution >= 0.6 is 34.5 Å². The zero-order chi connectivity index (χ0) is 15.9. The van der Waals surface area contributed by atoms with E-state index in [0.29, 0.717) is 23.1 Å². The minimum absolute atomic E-state index is 0.00979. The number of halogens is 2. The quantitative estimate of drug-likeness (QED) is 0.806. The molecule has 0 fully saturated rings. The predicted molar refractivity (Wildman–Crippen MR) is 93.6 cm³/mol. The van der Waals surface area contributed by atoms with Gasteiger partial charge in [-0.05, 0) is 35.7 Å². The summed E-state index contributed by atoms with van der Waals surface area (Å²) in [4.78, 5) is 15.4. The first-order valence-corrected chi connectivity index (χ1v) is 8.67. The molecule has 6 heteroatoms. The summed E-state index contributed by atoms with van der Waals surface area (Å²) in [7, 11) is 0. The number of rotatable bonds is 7. The highest BCUT2D eigenvalue weighted by Gasteiger charge is 2.11. The van der Waals surface area contributed by atoms with E-state index >= 15 is 0 Å². The van der Waals surface area contributed by atoms with Crippen molar-refractivity contribution in [2.45, 2.75) is 20.0 Å². The average molecular weight is 357 g/mol. The molecule has 3 nitrogen and oxygen atoms in total. The van der Waals surface area contributed by atoms with Gasteiger partial charge in [-0.3, -0.25) is 9.69 Å². The molecule has 2 aromatic rings. The fraction of sp³-hybridized carbons (Fsp3) is 0.312. The van der Waals surface area contributed by atoms with Crippen molar-refractivity contribution < 1.29 is 4.79 Å². The van der Waals surface area contributed by atoms with Crippen molar-refractivity contribution in [3.8, 4) is 0 Å². The third-order valence-electron chi connectivity index (χ3n) is 3.27. The Kier molecular flexibility index (Phi) is 6.70. The van der Waals surface area contributed by atoms with Crippen LogP contribution in [-0.4, -0.2) is 23.9 Å². The van der Waals surface area contributed by atoms with Crippen LogP contribution in [0.15, 0.2) is 35.7 Å². The molecule has 1 amide bonds. The highest BCUT2D eigenvalue weighted by atomic mass is 35.5. The lowest BCUT2D eigenvalue weighted by Crippen LogP contribution is -2.36. The molecule has 1 heterocycles. The van der Waals surface area contributed by atoms with Gasteiger partial charge >= 0.3 is 0 Å². The average Bonchev–Trinajstić information content (AvgIpc) is 2.98. The molecule has 0 bridgehead atoms. The van der Waals surface area contributed by atoms with Crippen LogP contribution in [0.2, 0.25) is 10.0 Å². The first-order valence-electron chi connectivity index (χ1n) is 7.04. The molecule has 22 heavy (non-hydrogen) atoms. The Morgan fingerprint density at radius 3 is 2.77 bits per heavy atom. The SMILES string of the molecule is CCN(CC(=O)NCc1ccc(Cl)cc1Cl)Cc1cccs1. The van der Waals surface area contributed by atoms with Gasteiger partial charge in [0.15, 0.2) is 0 Å². The first kappa shape index (κ1) is 17.3. The number of hydrogen-bond acceptors (Lipinski definition) is 3. The Balaban J connectivity index is 1.83. The number of hydrogen-bond donors (Lipinski definition) is 1. The monoisotopic (exact) mass is 356 g/mol. The van der Waals surface area contributed by atoms with Crippen molar-refractivity contribution in [3.63, 3.8) is 0 Å². The Bertz CT molecular complexity index is 617. The topological polar surface area (TPSA) is 32.3 Å². The van der Waals surface area contributed by atoms with Crippen molar-refractivity contribution in [3.05, 3.63) is 56.2 Å². The molecule has 1 aromatic heterocycles. The van der Waals surface area contributed by atoms with E-state index in [0.717, 1.165) is 18.7 Å². The van der Waals surface area contributed by atoms with E-state index in [1.54, 1.807) is 23.5 Å². The van der Waals surface area contributed by atoms with Crippen molar-refractivity contribution in [1.29, 1.82) is 0 Å². The van der Waals surface area contributed by atoms with Gasteiger partial charge < -0.3 is 5.32 Å². The van der Waals surface area contributed by atoms with Gasteiger partial charge in [-0.2, -0.15) is 0 Å². The predicted octanol–water partition coefficient (Wildman–Crippen LogP) is 4.19. The third kappa shape index (κ3) is 5.29. The molecule has 0 aliphatic rings. The first-order chi connectivity index (χ1) is 10.6. The molecule has 0 saturated heterocycles. The maximum absolute atomic E-state index is 12.1. The van der Waals surface area contributed by atoms with Gasteiger partial charge in [0.1, 0.15) is 0 Å². The maximum atomic E-state index is 12.1. The van der Waals surface area contributed by atoms with Crippen molar-refractivity contribution in [1.82, 2.24) is 10.2 Å². The van der Waals surface area contributed by atoms with Gasteiger partial charge in [-0.25, -0.2) is 0 Å². The summed E-state index contributed by atoms with van der Waals surface area (Å²) >= 11 is 13.7. The Labute approximate surface area is 144 Å². The standard InChI is InChI=1S/C16H18Cl2N2OS/c1-2-20(10-14-4-3-7-22-14)11-16(21)19-9-12-5-6-13(17)8-15(12)18/h3-8H,2,9-11H2,1H3,(H,19,21). The number of carbonyl (C=O) groups is 1. The molecule has 0 aliphatic carbocycles. The lowest BCUT2D eigenvalue weighted by atomic mass is 10.2. The normalized spacial score (nSPS) is 10.9. The number of carbonyl (C=O) groups excluding carboxylic acids is 1. The zero-order valence-electron chi connectivity index (χ0n) is 12.3. The second kappa shape index (κ2) is 8.53.